The van der Waals surface area contributed by atoms with E-state index in [1.165, 1.54) is 32.1 Å². The number of hydrogen-bond acceptors (Lipinski definition) is 5. The van der Waals surface area contributed by atoms with E-state index in [0.29, 0.717) is 5.92 Å². The van der Waals surface area contributed by atoms with Crippen molar-refractivity contribution in [2.45, 2.75) is 38.6 Å². The van der Waals surface area contributed by atoms with Gasteiger partial charge in [0.25, 0.3) is 5.69 Å². The lowest BCUT2D eigenvalue weighted by molar-refractivity contribution is -0.384. The molecule has 144 valence electrons. The van der Waals surface area contributed by atoms with E-state index in [-0.39, 0.29) is 10.6 Å². The van der Waals surface area contributed by atoms with E-state index < -0.39 is 0 Å². The van der Waals surface area contributed by atoms with Gasteiger partial charge in [-0.1, -0.05) is 19.3 Å². The molecule has 2 heterocycles. The molecule has 0 saturated heterocycles. The Balaban J connectivity index is 1.75. The van der Waals surface area contributed by atoms with E-state index in [4.69, 9.17) is 4.99 Å². The molecule has 1 saturated carbocycles. The number of rotatable bonds is 5. The van der Waals surface area contributed by atoms with Crippen molar-refractivity contribution in [1.82, 2.24) is 9.55 Å². The van der Waals surface area contributed by atoms with Crippen molar-refractivity contribution >= 4 is 22.7 Å². The molecule has 0 aliphatic heterocycles. The Morgan fingerprint density at radius 2 is 1.96 bits per heavy atom. The summed E-state index contributed by atoms with van der Waals surface area (Å²) in [5.41, 5.74) is 2.98. The molecule has 4 rings (SSSR count). The van der Waals surface area contributed by atoms with Gasteiger partial charge in [-0.2, -0.15) is 0 Å². The van der Waals surface area contributed by atoms with Gasteiger partial charge in [0.2, 0.25) is 0 Å². The lowest BCUT2D eigenvalue weighted by atomic mass is 9.89. The molecule has 2 aromatic heterocycles. The van der Waals surface area contributed by atoms with Crippen molar-refractivity contribution in [2.24, 2.45) is 10.9 Å². The normalized spacial score (nSPS) is 15.6. The van der Waals surface area contributed by atoms with Crippen LogP contribution in [0, 0.1) is 16.0 Å². The number of benzene rings is 1. The van der Waals surface area contributed by atoms with Crippen molar-refractivity contribution in [3.05, 3.63) is 69.1 Å². The lowest BCUT2D eigenvalue weighted by Gasteiger charge is -2.23. The molecule has 0 bridgehead atoms. The molecule has 0 spiro atoms. The van der Waals surface area contributed by atoms with Crippen LogP contribution in [0.1, 0.15) is 32.1 Å². The summed E-state index contributed by atoms with van der Waals surface area (Å²) in [5.74, 6) is 0.646. The molecule has 0 amide bonds. The largest absolute Gasteiger partial charge is 0.316 e. The average molecular weight is 395 g/mol. The highest BCUT2D eigenvalue weighted by atomic mass is 32.1. The number of pyridine rings is 1. The minimum absolute atomic E-state index is 0.109. The van der Waals surface area contributed by atoms with Gasteiger partial charge >= 0.3 is 0 Å². The first-order valence-corrected chi connectivity index (χ1v) is 10.5. The van der Waals surface area contributed by atoms with Crippen LogP contribution in [0.5, 0.6) is 0 Å². The summed E-state index contributed by atoms with van der Waals surface area (Å²) >= 11 is 1.60. The smallest absolute Gasteiger partial charge is 0.269 e. The minimum Gasteiger partial charge on any atom is -0.316 e. The molecule has 1 aliphatic rings. The third-order valence-corrected chi connectivity index (χ3v) is 6.07. The molecule has 1 aromatic carbocycles. The molecular formula is C21H22N4O2S. The Morgan fingerprint density at radius 3 is 2.64 bits per heavy atom. The number of hydrogen-bond donors (Lipinski definition) is 0. The van der Waals surface area contributed by atoms with Crippen LogP contribution in [0.15, 0.2) is 59.2 Å². The van der Waals surface area contributed by atoms with Gasteiger partial charge in [-0.15, -0.1) is 11.3 Å². The van der Waals surface area contributed by atoms with Gasteiger partial charge in [-0.05, 0) is 48.6 Å². The molecule has 6 nitrogen and oxygen atoms in total. The molecule has 1 aliphatic carbocycles. The topological polar surface area (TPSA) is 73.3 Å². The third-order valence-electron chi connectivity index (χ3n) is 5.21. The first-order chi connectivity index (χ1) is 13.7. The molecule has 0 unspecified atom stereocenters. The quantitative estimate of drug-likeness (QED) is 0.433. The van der Waals surface area contributed by atoms with Crippen LogP contribution in [0.25, 0.3) is 11.3 Å². The van der Waals surface area contributed by atoms with Gasteiger partial charge in [-0.3, -0.25) is 15.1 Å². The molecule has 0 atom stereocenters. The predicted octanol–water partition coefficient (Wildman–Crippen LogP) is 5.33. The average Bonchev–Trinajstić information content (AvgIpc) is 3.11. The summed E-state index contributed by atoms with van der Waals surface area (Å²) in [4.78, 5) is 20.5. The number of nitrogens with zero attached hydrogens (tertiary/aromatic N) is 4. The number of nitro benzene ring substituents is 1. The van der Waals surface area contributed by atoms with Gasteiger partial charge < -0.3 is 4.57 Å². The van der Waals surface area contributed by atoms with Crippen molar-refractivity contribution in [1.29, 1.82) is 0 Å². The van der Waals surface area contributed by atoms with Crippen LogP contribution >= 0.6 is 11.3 Å². The van der Waals surface area contributed by atoms with E-state index in [2.05, 4.69) is 14.9 Å². The second-order valence-electron chi connectivity index (χ2n) is 7.15. The number of aromatic nitrogens is 2. The second-order valence-corrected chi connectivity index (χ2v) is 7.98. The lowest BCUT2D eigenvalue weighted by Crippen LogP contribution is -2.22. The van der Waals surface area contributed by atoms with Crippen LogP contribution in [0.4, 0.5) is 11.4 Å². The van der Waals surface area contributed by atoms with E-state index in [1.54, 1.807) is 35.9 Å². The SMILES string of the molecule is O=[N+]([O-])c1ccc(-c2csc(=Nc3cccnc3)n2CC2CCCCC2)cc1. The summed E-state index contributed by atoms with van der Waals surface area (Å²) in [7, 11) is 0. The first-order valence-electron chi connectivity index (χ1n) is 9.58. The standard InChI is InChI=1S/C21H22N4O2S/c26-25(27)19-10-8-17(9-11-19)20-15-28-21(23-18-7-4-12-22-13-18)24(20)14-16-5-2-1-3-6-16/h4,7-13,15-16H,1-3,5-6,14H2. The van der Waals surface area contributed by atoms with E-state index >= 15 is 0 Å². The summed E-state index contributed by atoms with van der Waals surface area (Å²) in [6.07, 6.45) is 9.90. The summed E-state index contributed by atoms with van der Waals surface area (Å²) in [6.45, 7) is 0.926. The van der Waals surface area contributed by atoms with Crippen LogP contribution in [0.3, 0.4) is 0 Å². The molecule has 3 aromatic rings. The van der Waals surface area contributed by atoms with Crippen LogP contribution < -0.4 is 4.80 Å². The van der Waals surface area contributed by atoms with Crippen molar-refractivity contribution in [3.8, 4) is 11.3 Å². The van der Waals surface area contributed by atoms with Crippen molar-refractivity contribution in [3.63, 3.8) is 0 Å². The molecule has 0 radical (unpaired) electrons. The first kappa shape index (κ1) is 18.6. The summed E-state index contributed by atoms with van der Waals surface area (Å²) in [6, 6.07) is 10.6. The summed E-state index contributed by atoms with van der Waals surface area (Å²) < 4.78 is 2.27. The molecule has 28 heavy (non-hydrogen) atoms. The maximum absolute atomic E-state index is 11.0. The number of nitro groups is 1. The zero-order valence-electron chi connectivity index (χ0n) is 15.5. The minimum atomic E-state index is -0.364. The van der Waals surface area contributed by atoms with Crippen LogP contribution in [0.2, 0.25) is 0 Å². The number of non-ortho nitro benzene ring substituents is 1. The predicted molar refractivity (Wildman–Crippen MR) is 110 cm³/mol. The van der Waals surface area contributed by atoms with Gasteiger partial charge in [0.15, 0.2) is 4.80 Å². The molecule has 0 N–H and O–H groups in total. The van der Waals surface area contributed by atoms with Gasteiger partial charge in [0.05, 0.1) is 22.5 Å². The van der Waals surface area contributed by atoms with Crippen molar-refractivity contribution < 1.29 is 4.92 Å². The Morgan fingerprint density at radius 1 is 1.18 bits per heavy atom. The fraction of sp³-hybridized carbons (Fsp3) is 0.333. The molecular weight excluding hydrogens is 372 g/mol. The monoisotopic (exact) mass is 394 g/mol. The summed E-state index contributed by atoms with van der Waals surface area (Å²) in [5, 5.41) is 13.1. The zero-order chi connectivity index (χ0) is 19.3. The van der Waals surface area contributed by atoms with Crippen molar-refractivity contribution in [2.75, 3.05) is 0 Å². The number of thiazole rings is 1. The Hall–Kier alpha value is -2.80. The molecule has 1 fully saturated rings. The Kier molecular flexibility index (Phi) is 5.62. The highest BCUT2D eigenvalue weighted by Gasteiger charge is 2.18. The van der Waals surface area contributed by atoms with Gasteiger partial charge in [-0.25, -0.2) is 4.99 Å². The Bertz CT molecular complexity index is 1000. The second kappa shape index (κ2) is 8.48. The maximum atomic E-state index is 11.0. The Labute approximate surface area is 167 Å². The van der Waals surface area contributed by atoms with Crippen LogP contribution in [-0.4, -0.2) is 14.5 Å². The fourth-order valence-electron chi connectivity index (χ4n) is 3.74. The highest BCUT2D eigenvalue weighted by molar-refractivity contribution is 7.07. The highest BCUT2D eigenvalue weighted by Crippen LogP contribution is 2.28. The van der Waals surface area contributed by atoms with E-state index in [9.17, 15) is 10.1 Å². The van der Waals surface area contributed by atoms with Gasteiger partial charge in [0.1, 0.15) is 0 Å². The zero-order valence-corrected chi connectivity index (χ0v) is 16.3. The van der Waals surface area contributed by atoms with E-state index in [1.807, 2.05) is 24.3 Å². The van der Waals surface area contributed by atoms with Crippen LogP contribution in [-0.2, 0) is 6.54 Å². The van der Waals surface area contributed by atoms with Gasteiger partial charge in [0, 0.05) is 30.3 Å². The van der Waals surface area contributed by atoms with E-state index in [0.717, 1.165) is 28.3 Å². The fourth-order valence-corrected chi connectivity index (χ4v) is 4.68. The molecule has 7 heteroatoms. The third kappa shape index (κ3) is 4.20. The maximum Gasteiger partial charge on any atom is 0.269 e.